The molecule has 0 aromatic heterocycles. The summed E-state index contributed by atoms with van der Waals surface area (Å²) in [4.78, 5) is 0. The molecule has 0 aliphatic heterocycles. The van der Waals surface area contributed by atoms with E-state index in [0.29, 0.717) is 6.61 Å². The molecule has 1 N–H and O–H groups in total. The molecule has 0 aliphatic carbocycles. The zero-order valence-corrected chi connectivity index (χ0v) is 14.4. The van der Waals surface area contributed by atoms with Crippen molar-refractivity contribution in [2.24, 2.45) is 0 Å². The van der Waals surface area contributed by atoms with Crippen molar-refractivity contribution < 1.29 is 4.74 Å². The average Bonchev–Trinajstić information content (AvgIpc) is 2.60. The van der Waals surface area contributed by atoms with E-state index in [2.05, 4.69) is 42.6 Å². The van der Waals surface area contributed by atoms with Gasteiger partial charge in [0.1, 0.15) is 12.4 Å². The average molecular weight is 338 g/mol. The van der Waals surface area contributed by atoms with Crippen LogP contribution in [-0.4, -0.2) is 0 Å². The number of nitrogens with one attached hydrogen (secondary N) is 1. The topological polar surface area (TPSA) is 21.3 Å². The van der Waals surface area contributed by atoms with Gasteiger partial charge in [-0.2, -0.15) is 0 Å². The number of hydrogen-bond donors (Lipinski definition) is 1. The first-order valence-electron chi connectivity index (χ1n) is 7.96. The fraction of sp³-hybridized carbons (Fsp3) is 0.143. The number of ether oxygens (including phenoxy) is 1. The lowest BCUT2D eigenvalue weighted by atomic mass is 10.1. The van der Waals surface area contributed by atoms with Crippen molar-refractivity contribution in [3.63, 3.8) is 0 Å². The Morgan fingerprint density at radius 1 is 0.917 bits per heavy atom. The van der Waals surface area contributed by atoms with Gasteiger partial charge in [0.05, 0.1) is 0 Å². The third-order valence-corrected chi connectivity index (χ3v) is 4.03. The number of benzene rings is 3. The number of para-hydroxylation sites is 1. The Bertz CT molecular complexity index is 799. The van der Waals surface area contributed by atoms with E-state index in [4.69, 9.17) is 16.3 Å². The van der Waals surface area contributed by atoms with Crippen LogP contribution >= 0.6 is 11.6 Å². The molecule has 0 fully saturated rings. The third-order valence-electron chi connectivity index (χ3n) is 3.78. The van der Waals surface area contributed by atoms with E-state index in [-0.39, 0.29) is 0 Å². The monoisotopic (exact) mass is 337 g/mol. The van der Waals surface area contributed by atoms with Gasteiger partial charge in [0.25, 0.3) is 0 Å². The van der Waals surface area contributed by atoms with Gasteiger partial charge in [0.15, 0.2) is 0 Å². The summed E-state index contributed by atoms with van der Waals surface area (Å²) in [5, 5.41) is 4.19. The molecule has 0 atom stereocenters. The summed E-state index contributed by atoms with van der Waals surface area (Å²) in [6, 6.07) is 24.2. The van der Waals surface area contributed by atoms with E-state index >= 15 is 0 Å². The minimum atomic E-state index is 0.526. The number of rotatable bonds is 6. The number of halogens is 1. The summed E-state index contributed by atoms with van der Waals surface area (Å²) in [5.41, 5.74) is 4.59. The van der Waals surface area contributed by atoms with Crippen LogP contribution in [0.5, 0.6) is 5.75 Å². The van der Waals surface area contributed by atoms with Crippen molar-refractivity contribution in [1.29, 1.82) is 0 Å². The van der Waals surface area contributed by atoms with Crippen LogP contribution in [0.1, 0.15) is 16.7 Å². The van der Waals surface area contributed by atoms with Crippen molar-refractivity contribution in [2.75, 3.05) is 5.32 Å². The first-order valence-corrected chi connectivity index (χ1v) is 8.34. The van der Waals surface area contributed by atoms with Gasteiger partial charge in [-0.1, -0.05) is 54.1 Å². The molecule has 0 bridgehead atoms. The van der Waals surface area contributed by atoms with E-state index in [0.717, 1.165) is 34.1 Å². The summed E-state index contributed by atoms with van der Waals surface area (Å²) in [7, 11) is 0. The third kappa shape index (κ3) is 4.53. The molecule has 0 spiro atoms. The van der Waals surface area contributed by atoms with E-state index in [9.17, 15) is 0 Å². The van der Waals surface area contributed by atoms with Gasteiger partial charge in [0.2, 0.25) is 0 Å². The molecule has 2 nitrogen and oxygen atoms in total. The van der Waals surface area contributed by atoms with Gasteiger partial charge >= 0.3 is 0 Å². The highest BCUT2D eigenvalue weighted by molar-refractivity contribution is 6.30. The molecule has 3 heteroatoms. The second-order valence-electron chi connectivity index (χ2n) is 5.75. The van der Waals surface area contributed by atoms with Crippen LogP contribution in [0.15, 0.2) is 72.8 Å². The quantitative estimate of drug-likeness (QED) is 0.610. The Labute approximate surface area is 148 Å². The molecule has 0 radical (unpaired) electrons. The Morgan fingerprint density at radius 3 is 2.50 bits per heavy atom. The highest BCUT2D eigenvalue weighted by Crippen LogP contribution is 2.21. The highest BCUT2D eigenvalue weighted by Gasteiger charge is 2.04. The molecule has 0 saturated carbocycles. The second kappa shape index (κ2) is 7.89. The molecule has 0 saturated heterocycles. The fourth-order valence-electron chi connectivity index (χ4n) is 2.48. The fourth-order valence-corrected chi connectivity index (χ4v) is 2.61. The van der Waals surface area contributed by atoms with Crippen LogP contribution in [0.2, 0.25) is 5.02 Å². The Balaban J connectivity index is 1.65. The number of aryl methyl sites for hydroxylation is 1. The molecule has 24 heavy (non-hydrogen) atoms. The second-order valence-corrected chi connectivity index (χ2v) is 6.18. The lowest BCUT2D eigenvalue weighted by Crippen LogP contribution is -2.03. The van der Waals surface area contributed by atoms with Gasteiger partial charge in [-0.05, 0) is 48.4 Å². The lowest BCUT2D eigenvalue weighted by molar-refractivity contribution is 0.303. The normalized spacial score (nSPS) is 10.4. The van der Waals surface area contributed by atoms with Crippen molar-refractivity contribution in [3.05, 3.63) is 94.5 Å². The molecular formula is C21H20ClNO. The van der Waals surface area contributed by atoms with Crippen LogP contribution in [0.25, 0.3) is 0 Å². The summed E-state index contributed by atoms with van der Waals surface area (Å²) in [5.74, 6) is 0.896. The molecule has 0 heterocycles. The predicted molar refractivity (Wildman–Crippen MR) is 101 cm³/mol. The molecule has 0 aliphatic rings. The van der Waals surface area contributed by atoms with Crippen LogP contribution in [-0.2, 0) is 13.2 Å². The first-order chi connectivity index (χ1) is 11.7. The number of hydrogen-bond acceptors (Lipinski definition) is 2. The molecule has 3 aromatic rings. The standard InChI is InChI=1S/C21H20ClNO/c1-16-5-4-7-20(13-16)23-14-18-6-2-3-8-21(18)24-15-17-9-11-19(22)12-10-17/h2-13,23H,14-15H2,1H3. The summed E-state index contributed by atoms with van der Waals surface area (Å²) in [6.07, 6.45) is 0. The maximum atomic E-state index is 5.99. The van der Waals surface area contributed by atoms with Crippen molar-refractivity contribution in [2.45, 2.75) is 20.1 Å². The zero-order chi connectivity index (χ0) is 16.8. The Kier molecular flexibility index (Phi) is 5.39. The maximum absolute atomic E-state index is 5.99. The highest BCUT2D eigenvalue weighted by atomic mass is 35.5. The van der Waals surface area contributed by atoms with E-state index in [1.807, 2.05) is 42.5 Å². The zero-order valence-electron chi connectivity index (χ0n) is 13.6. The van der Waals surface area contributed by atoms with Gasteiger partial charge in [-0.25, -0.2) is 0 Å². The molecule has 0 unspecified atom stereocenters. The Hall–Kier alpha value is -2.45. The smallest absolute Gasteiger partial charge is 0.124 e. The summed E-state index contributed by atoms with van der Waals surface area (Å²) in [6.45, 7) is 3.34. The first kappa shape index (κ1) is 16.4. The minimum Gasteiger partial charge on any atom is -0.489 e. The van der Waals surface area contributed by atoms with Crippen LogP contribution in [0.3, 0.4) is 0 Å². The molecule has 3 aromatic carbocycles. The van der Waals surface area contributed by atoms with Gasteiger partial charge in [-0.15, -0.1) is 0 Å². The maximum Gasteiger partial charge on any atom is 0.124 e. The van der Waals surface area contributed by atoms with Crippen molar-refractivity contribution >= 4 is 17.3 Å². The molecule has 0 amide bonds. The minimum absolute atomic E-state index is 0.526. The lowest BCUT2D eigenvalue weighted by Gasteiger charge is -2.13. The predicted octanol–water partition coefficient (Wildman–Crippen LogP) is 5.84. The molecular weight excluding hydrogens is 318 g/mol. The van der Waals surface area contributed by atoms with Crippen LogP contribution < -0.4 is 10.1 Å². The summed E-state index contributed by atoms with van der Waals surface area (Å²) >= 11 is 5.92. The number of anilines is 1. The van der Waals surface area contributed by atoms with Crippen molar-refractivity contribution in [1.82, 2.24) is 0 Å². The van der Waals surface area contributed by atoms with Gasteiger partial charge in [-0.3, -0.25) is 0 Å². The van der Waals surface area contributed by atoms with E-state index < -0.39 is 0 Å². The SMILES string of the molecule is Cc1cccc(NCc2ccccc2OCc2ccc(Cl)cc2)c1. The molecule has 122 valence electrons. The van der Waals surface area contributed by atoms with Crippen molar-refractivity contribution in [3.8, 4) is 5.75 Å². The van der Waals surface area contributed by atoms with Crippen LogP contribution in [0, 0.1) is 6.92 Å². The van der Waals surface area contributed by atoms with Gasteiger partial charge in [0, 0.05) is 22.8 Å². The molecule has 3 rings (SSSR count). The van der Waals surface area contributed by atoms with E-state index in [1.165, 1.54) is 5.56 Å². The van der Waals surface area contributed by atoms with E-state index in [1.54, 1.807) is 0 Å². The summed E-state index contributed by atoms with van der Waals surface area (Å²) < 4.78 is 5.99. The van der Waals surface area contributed by atoms with Gasteiger partial charge < -0.3 is 10.1 Å². The Morgan fingerprint density at radius 2 is 1.71 bits per heavy atom. The van der Waals surface area contributed by atoms with Crippen LogP contribution in [0.4, 0.5) is 5.69 Å². The largest absolute Gasteiger partial charge is 0.489 e.